The molecule has 3 heterocycles. The molecule has 2 aromatic heterocycles. The standard InChI is InChI=1S/C23H22N4O4S/c1-30-12-7-8-17(31-2)16(11-12)27-22(29)18(21(28)26-23(27)32)20-19-14(9-10-24-20)13-5-3-4-6-15(13)25-19/h3-8,11,20,24-25,29H,9-10H2,1-2H3,(H,26,28,32)/p+1/t20-/m0/s1. The van der Waals surface area contributed by atoms with Gasteiger partial charge in [0.25, 0.3) is 5.56 Å². The fourth-order valence-corrected chi connectivity index (χ4v) is 4.82. The highest BCUT2D eigenvalue weighted by Crippen LogP contribution is 2.35. The van der Waals surface area contributed by atoms with Gasteiger partial charge in [-0.25, -0.2) is 0 Å². The number of hydrogen-bond donors (Lipinski definition) is 4. The molecule has 9 heteroatoms. The predicted molar refractivity (Wildman–Crippen MR) is 123 cm³/mol. The molecule has 2 aromatic carbocycles. The second-order valence-electron chi connectivity index (χ2n) is 7.68. The van der Waals surface area contributed by atoms with Crippen molar-refractivity contribution in [1.82, 2.24) is 14.5 Å². The highest BCUT2D eigenvalue weighted by molar-refractivity contribution is 7.71. The smallest absolute Gasteiger partial charge is 0.265 e. The van der Waals surface area contributed by atoms with Gasteiger partial charge in [0, 0.05) is 23.4 Å². The fraction of sp³-hybridized carbons (Fsp3) is 0.217. The predicted octanol–water partition coefficient (Wildman–Crippen LogP) is 2.31. The van der Waals surface area contributed by atoms with Crippen molar-refractivity contribution in [3.05, 3.63) is 74.4 Å². The van der Waals surface area contributed by atoms with Gasteiger partial charge in [-0.05, 0) is 36.0 Å². The second-order valence-corrected chi connectivity index (χ2v) is 8.07. The summed E-state index contributed by atoms with van der Waals surface area (Å²) in [4.78, 5) is 19.2. The number of nitrogens with zero attached hydrogens (tertiary/aromatic N) is 1. The van der Waals surface area contributed by atoms with Gasteiger partial charge >= 0.3 is 0 Å². The Morgan fingerprint density at radius 2 is 1.97 bits per heavy atom. The van der Waals surface area contributed by atoms with Crippen molar-refractivity contribution in [1.29, 1.82) is 0 Å². The number of rotatable bonds is 4. The number of hydrogen-bond acceptors (Lipinski definition) is 5. The minimum atomic E-state index is -0.418. The molecule has 0 saturated carbocycles. The molecule has 0 saturated heterocycles. The zero-order valence-corrected chi connectivity index (χ0v) is 18.5. The number of aromatic hydroxyl groups is 1. The molecule has 0 spiro atoms. The summed E-state index contributed by atoms with van der Waals surface area (Å²) in [6.07, 6.45) is 0.872. The lowest BCUT2D eigenvalue weighted by Crippen LogP contribution is -2.87. The minimum absolute atomic E-state index is 0.0653. The molecule has 0 aliphatic carbocycles. The molecule has 1 aliphatic heterocycles. The molecule has 8 nitrogen and oxygen atoms in total. The number of nitrogens with two attached hydrogens (primary N) is 1. The van der Waals surface area contributed by atoms with Gasteiger partial charge in [0.15, 0.2) is 10.8 Å². The highest BCUT2D eigenvalue weighted by Gasteiger charge is 2.34. The summed E-state index contributed by atoms with van der Waals surface area (Å²) in [7, 11) is 3.08. The molecule has 5 rings (SSSR count). The van der Waals surface area contributed by atoms with Crippen LogP contribution in [-0.2, 0) is 6.42 Å². The van der Waals surface area contributed by atoms with Gasteiger partial charge in [-0.15, -0.1) is 0 Å². The molecule has 0 fully saturated rings. The molecule has 0 radical (unpaired) electrons. The average molecular weight is 452 g/mol. The van der Waals surface area contributed by atoms with E-state index in [1.165, 1.54) is 17.2 Å². The van der Waals surface area contributed by atoms with Crippen molar-refractivity contribution in [2.75, 3.05) is 20.8 Å². The van der Waals surface area contributed by atoms with E-state index < -0.39 is 11.6 Å². The summed E-state index contributed by atoms with van der Waals surface area (Å²) >= 11 is 5.42. The minimum Gasteiger partial charge on any atom is -0.497 e. The third-order valence-electron chi connectivity index (χ3n) is 6.01. The summed E-state index contributed by atoms with van der Waals surface area (Å²) in [5, 5.41) is 14.6. The van der Waals surface area contributed by atoms with Crippen LogP contribution in [0, 0.1) is 4.77 Å². The number of aromatic nitrogens is 3. The van der Waals surface area contributed by atoms with Gasteiger partial charge in [0.2, 0.25) is 5.88 Å². The topological polar surface area (TPSA) is 109 Å². The number of quaternary nitrogens is 1. The summed E-state index contributed by atoms with van der Waals surface area (Å²) in [5.74, 6) is 0.823. The Kier molecular flexibility index (Phi) is 4.99. The first kappa shape index (κ1) is 20.3. The summed E-state index contributed by atoms with van der Waals surface area (Å²) < 4.78 is 12.3. The number of nitrogens with one attached hydrogen (secondary N) is 2. The maximum absolute atomic E-state index is 13.1. The highest BCUT2D eigenvalue weighted by atomic mass is 32.1. The largest absolute Gasteiger partial charge is 0.497 e. The van der Waals surface area contributed by atoms with E-state index in [4.69, 9.17) is 21.7 Å². The maximum Gasteiger partial charge on any atom is 0.265 e. The van der Waals surface area contributed by atoms with E-state index in [1.54, 1.807) is 25.3 Å². The first-order valence-electron chi connectivity index (χ1n) is 10.3. The van der Waals surface area contributed by atoms with Gasteiger partial charge in [-0.3, -0.25) is 14.3 Å². The summed E-state index contributed by atoms with van der Waals surface area (Å²) in [6.45, 7) is 0.788. The van der Waals surface area contributed by atoms with Crippen LogP contribution in [0.2, 0.25) is 0 Å². The Balaban J connectivity index is 1.76. The van der Waals surface area contributed by atoms with Crippen LogP contribution in [-0.4, -0.2) is 40.4 Å². The molecule has 1 atom stereocenters. The van der Waals surface area contributed by atoms with Crippen molar-refractivity contribution in [2.24, 2.45) is 0 Å². The molecule has 4 aromatic rings. The van der Waals surface area contributed by atoms with Crippen LogP contribution >= 0.6 is 12.2 Å². The van der Waals surface area contributed by atoms with E-state index in [9.17, 15) is 9.90 Å². The Hall–Kier alpha value is -3.56. The first-order valence-corrected chi connectivity index (χ1v) is 10.7. The van der Waals surface area contributed by atoms with Crippen molar-refractivity contribution >= 4 is 23.1 Å². The number of para-hydroxylation sites is 1. The number of ether oxygens (including phenoxy) is 2. The van der Waals surface area contributed by atoms with Crippen LogP contribution in [0.4, 0.5) is 0 Å². The molecule has 0 unspecified atom stereocenters. The maximum atomic E-state index is 13.1. The third kappa shape index (κ3) is 3.09. The van der Waals surface area contributed by atoms with Crippen LogP contribution in [0.3, 0.4) is 0 Å². The number of fused-ring (bicyclic) bond motifs is 3. The molecule has 0 bridgehead atoms. The molecule has 5 N–H and O–H groups in total. The van der Waals surface area contributed by atoms with E-state index in [0.717, 1.165) is 29.6 Å². The van der Waals surface area contributed by atoms with Gasteiger partial charge < -0.3 is 24.9 Å². The van der Waals surface area contributed by atoms with Crippen LogP contribution in [0.15, 0.2) is 47.3 Å². The van der Waals surface area contributed by atoms with E-state index >= 15 is 0 Å². The number of H-pyrrole nitrogens is 2. The first-order chi connectivity index (χ1) is 15.5. The normalized spacial score (nSPS) is 15.5. The van der Waals surface area contributed by atoms with Crippen LogP contribution < -0.4 is 20.3 Å². The zero-order valence-electron chi connectivity index (χ0n) is 17.6. The lowest BCUT2D eigenvalue weighted by atomic mass is 9.95. The van der Waals surface area contributed by atoms with Gasteiger partial charge in [-0.1, -0.05) is 18.2 Å². The van der Waals surface area contributed by atoms with Crippen LogP contribution in [0.25, 0.3) is 16.6 Å². The lowest BCUT2D eigenvalue weighted by Gasteiger charge is -2.23. The van der Waals surface area contributed by atoms with Gasteiger partial charge in [0.1, 0.15) is 17.1 Å². The van der Waals surface area contributed by atoms with E-state index in [1.807, 2.05) is 18.2 Å². The Bertz CT molecular complexity index is 1450. The molecule has 1 aliphatic rings. The molecular formula is C23H23N4O4S+. The summed E-state index contributed by atoms with van der Waals surface area (Å²) in [5.41, 5.74) is 3.38. The fourth-order valence-electron chi connectivity index (χ4n) is 4.54. The quantitative estimate of drug-likeness (QED) is 0.356. The zero-order chi connectivity index (χ0) is 22.4. The van der Waals surface area contributed by atoms with E-state index in [-0.39, 0.29) is 16.2 Å². The molecule has 32 heavy (non-hydrogen) atoms. The molecule has 0 amide bonds. The molecular weight excluding hydrogens is 428 g/mol. The summed E-state index contributed by atoms with van der Waals surface area (Å²) in [6, 6.07) is 12.8. The third-order valence-corrected chi connectivity index (χ3v) is 6.30. The monoisotopic (exact) mass is 451 g/mol. The van der Waals surface area contributed by atoms with Crippen molar-refractivity contribution in [3.8, 4) is 23.1 Å². The number of aromatic amines is 2. The Morgan fingerprint density at radius 3 is 2.75 bits per heavy atom. The van der Waals surface area contributed by atoms with Crippen LogP contribution in [0.5, 0.6) is 17.4 Å². The second kappa shape index (κ2) is 7.85. The Labute approximate surface area is 188 Å². The Morgan fingerprint density at radius 1 is 1.16 bits per heavy atom. The van der Waals surface area contributed by atoms with Crippen molar-refractivity contribution in [3.63, 3.8) is 0 Å². The molecule has 164 valence electrons. The van der Waals surface area contributed by atoms with Crippen molar-refractivity contribution < 1.29 is 19.9 Å². The lowest BCUT2D eigenvalue weighted by molar-refractivity contribution is -0.690. The number of benzene rings is 2. The SMILES string of the molecule is COc1ccc(OC)c(-n2c(O)c([C@@H]3[NH2+]CCc4c3[nH]c3ccccc43)c(=O)[nH]c2=S)c1. The van der Waals surface area contributed by atoms with Crippen LogP contribution in [0.1, 0.15) is 22.9 Å². The van der Waals surface area contributed by atoms with E-state index in [0.29, 0.717) is 17.2 Å². The van der Waals surface area contributed by atoms with Gasteiger partial charge in [-0.2, -0.15) is 0 Å². The number of methoxy groups -OCH3 is 2. The van der Waals surface area contributed by atoms with E-state index in [2.05, 4.69) is 21.4 Å². The average Bonchev–Trinajstić information content (AvgIpc) is 3.18. The van der Waals surface area contributed by atoms with Crippen molar-refractivity contribution in [2.45, 2.75) is 12.5 Å². The van der Waals surface area contributed by atoms with Gasteiger partial charge in [0.05, 0.1) is 32.1 Å².